The Hall–Kier alpha value is -1.28. The molecule has 25 heavy (non-hydrogen) atoms. The fraction of sp³-hybridized carbons (Fsp3) is 0.444. The summed E-state index contributed by atoms with van der Waals surface area (Å²) in [4.78, 5) is 4.62. The Labute approximate surface area is 171 Å². The zero-order valence-electron chi connectivity index (χ0n) is 14.9. The first-order chi connectivity index (χ1) is 11.6. The Kier molecular flexibility index (Phi) is 9.89. The number of aliphatic imine (C=N–C) groups is 1. The van der Waals surface area contributed by atoms with Crippen molar-refractivity contribution in [3.8, 4) is 0 Å². The number of hydrogen-bond acceptors (Lipinski definition) is 3. The lowest BCUT2D eigenvalue weighted by Gasteiger charge is -2.11. The van der Waals surface area contributed by atoms with Gasteiger partial charge in [0.05, 0.1) is 5.69 Å². The molecule has 0 saturated carbocycles. The number of rotatable bonds is 7. The lowest BCUT2D eigenvalue weighted by molar-refractivity contribution is 0.392. The maximum atomic E-state index is 5.90. The highest BCUT2D eigenvalue weighted by Gasteiger charge is 2.08. The van der Waals surface area contributed by atoms with Gasteiger partial charge in [-0.15, -0.1) is 24.0 Å². The molecule has 0 amide bonds. The normalized spacial score (nSPS) is 11.1. The Balaban J connectivity index is 0.00000312. The molecule has 0 atom stereocenters. The molecular weight excluding hydrogens is 451 g/mol. The summed E-state index contributed by atoms with van der Waals surface area (Å²) in [5.41, 5.74) is 3.35. The first-order valence-corrected chi connectivity index (χ1v) is 8.66. The summed E-state index contributed by atoms with van der Waals surface area (Å²) in [7, 11) is 0. The van der Waals surface area contributed by atoms with Crippen LogP contribution in [0.4, 0.5) is 0 Å². The molecule has 2 N–H and O–H groups in total. The fourth-order valence-corrected chi connectivity index (χ4v) is 2.58. The highest BCUT2D eigenvalue weighted by atomic mass is 127. The van der Waals surface area contributed by atoms with Gasteiger partial charge in [0.25, 0.3) is 0 Å². The third-order valence-electron chi connectivity index (χ3n) is 3.78. The van der Waals surface area contributed by atoms with Crippen LogP contribution in [-0.2, 0) is 12.8 Å². The first-order valence-electron chi connectivity index (χ1n) is 8.28. The van der Waals surface area contributed by atoms with E-state index in [4.69, 9.17) is 16.1 Å². The van der Waals surface area contributed by atoms with Gasteiger partial charge in [-0.3, -0.25) is 4.99 Å². The van der Waals surface area contributed by atoms with Gasteiger partial charge in [0, 0.05) is 30.2 Å². The second-order valence-corrected chi connectivity index (χ2v) is 6.05. The van der Waals surface area contributed by atoms with Gasteiger partial charge in [-0.2, -0.15) is 0 Å². The summed E-state index contributed by atoms with van der Waals surface area (Å²) in [6.07, 6.45) is 1.75. The SMILES string of the molecule is CCNC(=NCCc1c(C)noc1C)NCCc1ccc(Cl)cc1.I. The van der Waals surface area contributed by atoms with Gasteiger partial charge in [0.1, 0.15) is 5.76 Å². The lowest BCUT2D eigenvalue weighted by Crippen LogP contribution is -2.38. The summed E-state index contributed by atoms with van der Waals surface area (Å²) in [5.74, 6) is 1.71. The van der Waals surface area contributed by atoms with Gasteiger partial charge < -0.3 is 15.2 Å². The molecule has 5 nitrogen and oxygen atoms in total. The molecule has 1 aromatic heterocycles. The first kappa shape index (κ1) is 21.8. The molecule has 0 spiro atoms. The Morgan fingerprint density at radius 2 is 1.88 bits per heavy atom. The molecule has 0 fully saturated rings. The Morgan fingerprint density at radius 3 is 2.48 bits per heavy atom. The van der Waals surface area contributed by atoms with E-state index in [9.17, 15) is 0 Å². The van der Waals surface area contributed by atoms with Crippen LogP contribution in [0.5, 0.6) is 0 Å². The topological polar surface area (TPSA) is 62.5 Å². The van der Waals surface area contributed by atoms with E-state index in [0.29, 0.717) is 6.54 Å². The number of nitrogens with one attached hydrogen (secondary N) is 2. The van der Waals surface area contributed by atoms with Crippen molar-refractivity contribution in [2.24, 2.45) is 4.99 Å². The van der Waals surface area contributed by atoms with E-state index in [1.807, 2.05) is 38.1 Å². The molecule has 0 aliphatic carbocycles. The largest absolute Gasteiger partial charge is 0.361 e. The zero-order valence-corrected chi connectivity index (χ0v) is 18.0. The van der Waals surface area contributed by atoms with Crippen LogP contribution in [0.1, 0.15) is 29.5 Å². The number of halogens is 2. The van der Waals surface area contributed by atoms with Crippen LogP contribution in [0.25, 0.3) is 0 Å². The maximum Gasteiger partial charge on any atom is 0.191 e. The van der Waals surface area contributed by atoms with E-state index < -0.39 is 0 Å². The van der Waals surface area contributed by atoms with Crippen molar-refractivity contribution in [1.29, 1.82) is 0 Å². The van der Waals surface area contributed by atoms with E-state index in [0.717, 1.165) is 53.9 Å². The number of aryl methyl sites for hydroxylation is 2. The van der Waals surface area contributed by atoms with E-state index in [2.05, 4.69) is 27.7 Å². The third kappa shape index (κ3) is 7.23. The summed E-state index contributed by atoms with van der Waals surface area (Å²) >= 11 is 5.90. The molecule has 2 rings (SSSR count). The van der Waals surface area contributed by atoms with E-state index >= 15 is 0 Å². The zero-order chi connectivity index (χ0) is 17.4. The number of guanidine groups is 1. The molecule has 138 valence electrons. The highest BCUT2D eigenvalue weighted by molar-refractivity contribution is 14.0. The third-order valence-corrected chi connectivity index (χ3v) is 4.03. The summed E-state index contributed by atoms with van der Waals surface area (Å²) in [6.45, 7) is 8.31. The molecule has 0 aliphatic heterocycles. The highest BCUT2D eigenvalue weighted by Crippen LogP contribution is 2.12. The van der Waals surface area contributed by atoms with Crippen molar-refractivity contribution in [2.75, 3.05) is 19.6 Å². The van der Waals surface area contributed by atoms with Crippen LogP contribution in [0.3, 0.4) is 0 Å². The van der Waals surface area contributed by atoms with E-state index in [-0.39, 0.29) is 24.0 Å². The van der Waals surface area contributed by atoms with Gasteiger partial charge in [0.15, 0.2) is 5.96 Å². The van der Waals surface area contributed by atoms with Crippen molar-refractivity contribution in [3.05, 3.63) is 51.9 Å². The van der Waals surface area contributed by atoms with Crippen LogP contribution in [0, 0.1) is 13.8 Å². The summed E-state index contributed by atoms with van der Waals surface area (Å²) in [5, 5.41) is 11.4. The van der Waals surface area contributed by atoms with Crippen molar-refractivity contribution in [2.45, 2.75) is 33.6 Å². The van der Waals surface area contributed by atoms with Crippen LogP contribution in [-0.4, -0.2) is 30.8 Å². The summed E-state index contributed by atoms with van der Waals surface area (Å²) < 4.78 is 5.18. The van der Waals surface area contributed by atoms with E-state index in [1.165, 1.54) is 5.56 Å². The maximum absolute atomic E-state index is 5.90. The predicted molar refractivity (Wildman–Crippen MR) is 114 cm³/mol. The molecule has 0 unspecified atom stereocenters. The van der Waals surface area contributed by atoms with Crippen LogP contribution in [0.15, 0.2) is 33.8 Å². The standard InChI is InChI=1S/C18H25ClN4O.HI/c1-4-20-18(21-11-9-15-5-7-16(19)8-6-15)22-12-10-17-13(2)23-24-14(17)3;/h5-8H,4,9-12H2,1-3H3,(H2,20,21,22);1H. The molecule has 0 bridgehead atoms. The average molecular weight is 477 g/mol. The quantitative estimate of drug-likeness (QED) is 0.361. The Bertz CT molecular complexity index is 651. The number of hydrogen-bond donors (Lipinski definition) is 2. The lowest BCUT2D eigenvalue weighted by atomic mass is 10.1. The second kappa shape index (κ2) is 11.4. The molecule has 2 aromatic rings. The smallest absolute Gasteiger partial charge is 0.191 e. The monoisotopic (exact) mass is 476 g/mol. The average Bonchev–Trinajstić information content (AvgIpc) is 2.88. The van der Waals surface area contributed by atoms with Crippen molar-refractivity contribution in [1.82, 2.24) is 15.8 Å². The molecule has 1 heterocycles. The minimum Gasteiger partial charge on any atom is -0.361 e. The minimum absolute atomic E-state index is 0. The molecule has 0 radical (unpaired) electrons. The van der Waals surface area contributed by atoms with Gasteiger partial charge in [0.2, 0.25) is 0 Å². The van der Waals surface area contributed by atoms with Crippen molar-refractivity contribution in [3.63, 3.8) is 0 Å². The van der Waals surface area contributed by atoms with Gasteiger partial charge in [-0.25, -0.2) is 0 Å². The second-order valence-electron chi connectivity index (χ2n) is 5.62. The minimum atomic E-state index is 0. The number of benzene rings is 1. The number of nitrogens with zero attached hydrogens (tertiary/aromatic N) is 2. The fourth-order valence-electron chi connectivity index (χ4n) is 2.46. The Morgan fingerprint density at radius 1 is 1.16 bits per heavy atom. The van der Waals surface area contributed by atoms with Crippen molar-refractivity contribution >= 4 is 41.5 Å². The number of aromatic nitrogens is 1. The van der Waals surface area contributed by atoms with Gasteiger partial charge in [-0.05, 0) is 51.3 Å². The molecule has 1 aromatic carbocycles. The predicted octanol–water partition coefficient (Wildman–Crippen LogP) is 3.90. The van der Waals surface area contributed by atoms with E-state index in [1.54, 1.807) is 0 Å². The van der Waals surface area contributed by atoms with Crippen LogP contribution >= 0.6 is 35.6 Å². The molecule has 0 saturated heterocycles. The van der Waals surface area contributed by atoms with Gasteiger partial charge in [-0.1, -0.05) is 28.9 Å². The van der Waals surface area contributed by atoms with Crippen LogP contribution < -0.4 is 10.6 Å². The van der Waals surface area contributed by atoms with Crippen molar-refractivity contribution < 1.29 is 4.52 Å². The molecule has 7 heteroatoms. The molecule has 0 aliphatic rings. The molecular formula is C18H26ClIN4O. The van der Waals surface area contributed by atoms with Gasteiger partial charge >= 0.3 is 0 Å². The summed E-state index contributed by atoms with van der Waals surface area (Å²) in [6, 6.07) is 7.93. The van der Waals surface area contributed by atoms with Crippen LogP contribution in [0.2, 0.25) is 5.02 Å².